The van der Waals surface area contributed by atoms with Gasteiger partial charge in [0.1, 0.15) is 5.82 Å². The number of rotatable bonds is 4. The molecule has 1 aliphatic heterocycles. The van der Waals surface area contributed by atoms with E-state index in [9.17, 15) is 27.3 Å². The molecular weight excluding hydrogens is 306 g/mol. The number of sulfone groups is 1. The molecule has 1 aromatic rings. The van der Waals surface area contributed by atoms with Gasteiger partial charge in [0, 0.05) is 30.3 Å². The van der Waals surface area contributed by atoms with Gasteiger partial charge in [0.25, 0.3) is 0 Å². The highest BCUT2D eigenvalue weighted by Gasteiger charge is 2.25. The molecule has 1 aliphatic rings. The summed E-state index contributed by atoms with van der Waals surface area (Å²) in [4.78, 5) is 9.69. The van der Waals surface area contributed by atoms with Gasteiger partial charge in [0.05, 0.1) is 16.4 Å². The van der Waals surface area contributed by atoms with Gasteiger partial charge in [-0.15, -0.1) is 0 Å². The molecular formula is C12H14F2N2O4S. The summed E-state index contributed by atoms with van der Waals surface area (Å²) >= 11 is 0. The lowest BCUT2D eigenvalue weighted by molar-refractivity contribution is -0.387. The zero-order chi connectivity index (χ0) is 15.6. The fourth-order valence-electron chi connectivity index (χ4n) is 2.29. The van der Waals surface area contributed by atoms with E-state index in [-0.39, 0.29) is 29.7 Å². The number of hydrogen-bond acceptors (Lipinski definition) is 5. The average Bonchev–Trinajstić information content (AvgIpc) is 2.36. The second kappa shape index (κ2) is 6.02. The van der Waals surface area contributed by atoms with Crippen molar-refractivity contribution in [2.45, 2.75) is 25.4 Å². The molecule has 116 valence electrons. The molecule has 0 radical (unpaired) electrons. The summed E-state index contributed by atoms with van der Waals surface area (Å²) in [7, 11) is -3.10. The molecule has 1 heterocycles. The zero-order valence-corrected chi connectivity index (χ0v) is 11.8. The van der Waals surface area contributed by atoms with Crippen LogP contribution in [-0.4, -0.2) is 30.9 Å². The van der Waals surface area contributed by atoms with Crippen LogP contribution in [0.5, 0.6) is 0 Å². The van der Waals surface area contributed by atoms with Crippen LogP contribution in [0.25, 0.3) is 0 Å². The van der Waals surface area contributed by atoms with Crippen molar-refractivity contribution in [2.24, 2.45) is 0 Å². The van der Waals surface area contributed by atoms with E-state index in [4.69, 9.17) is 0 Å². The lowest BCUT2D eigenvalue weighted by Crippen LogP contribution is -2.39. The van der Waals surface area contributed by atoms with Crippen LogP contribution in [0.4, 0.5) is 14.5 Å². The van der Waals surface area contributed by atoms with Gasteiger partial charge in [0.15, 0.2) is 9.84 Å². The van der Waals surface area contributed by atoms with Gasteiger partial charge in [-0.05, 0) is 12.8 Å². The minimum Gasteiger partial charge on any atom is -0.309 e. The molecule has 21 heavy (non-hydrogen) atoms. The quantitative estimate of drug-likeness (QED) is 0.671. The lowest BCUT2D eigenvalue weighted by atomic mass is 10.1. The Labute approximate surface area is 120 Å². The molecule has 1 fully saturated rings. The van der Waals surface area contributed by atoms with Crippen LogP contribution in [0, 0.1) is 21.7 Å². The second-order valence-electron chi connectivity index (χ2n) is 4.99. The van der Waals surface area contributed by atoms with E-state index >= 15 is 0 Å². The SMILES string of the molecule is O=[N+]([O-])c1cc(CNC2CCCS(=O)(=O)C2)c(F)cc1F. The van der Waals surface area contributed by atoms with Gasteiger partial charge in [0.2, 0.25) is 5.82 Å². The Kier molecular flexibility index (Phi) is 4.52. The molecule has 0 bridgehead atoms. The third-order valence-corrected chi connectivity index (χ3v) is 5.18. The number of nitro groups is 1. The van der Waals surface area contributed by atoms with Gasteiger partial charge < -0.3 is 5.32 Å². The summed E-state index contributed by atoms with van der Waals surface area (Å²) in [6.07, 6.45) is 1.15. The monoisotopic (exact) mass is 320 g/mol. The van der Waals surface area contributed by atoms with Crippen molar-refractivity contribution in [1.82, 2.24) is 5.32 Å². The summed E-state index contributed by atoms with van der Waals surface area (Å²) in [6, 6.07) is 0.967. The Balaban J connectivity index is 2.09. The Hall–Kier alpha value is -1.61. The minimum atomic E-state index is -3.10. The van der Waals surface area contributed by atoms with Crippen LogP contribution in [0.1, 0.15) is 18.4 Å². The number of halogens is 2. The van der Waals surface area contributed by atoms with E-state index in [2.05, 4.69) is 5.32 Å². The number of hydrogen-bond donors (Lipinski definition) is 1. The maximum Gasteiger partial charge on any atom is 0.305 e. The molecule has 1 unspecified atom stereocenters. The van der Waals surface area contributed by atoms with Crippen molar-refractivity contribution in [3.05, 3.63) is 39.4 Å². The van der Waals surface area contributed by atoms with Gasteiger partial charge in [-0.2, -0.15) is 4.39 Å². The zero-order valence-electron chi connectivity index (χ0n) is 11.0. The summed E-state index contributed by atoms with van der Waals surface area (Å²) < 4.78 is 49.7. The van der Waals surface area contributed by atoms with Gasteiger partial charge in [-0.3, -0.25) is 10.1 Å². The van der Waals surface area contributed by atoms with Crippen molar-refractivity contribution < 1.29 is 22.1 Å². The number of nitro benzene ring substituents is 1. The fraction of sp³-hybridized carbons (Fsp3) is 0.500. The van der Waals surface area contributed by atoms with Gasteiger partial charge >= 0.3 is 5.69 Å². The third kappa shape index (κ3) is 3.94. The maximum absolute atomic E-state index is 13.6. The van der Waals surface area contributed by atoms with E-state index in [1.54, 1.807) is 0 Å². The molecule has 9 heteroatoms. The standard InChI is InChI=1S/C12H14F2N2O4S/c13-10-5-11(14)12(16(17)18)4-8(10)6-15-9-2-1-3-21(19,20)7-9/h4-5,9,15H,1-3,6-7H2. The van der Waals surface area contributed by atoms with E-state index < -0.39 is 32.1 Å². The molecule has 0 saturated carbocycles. The lowest BCUT2D eigenvalue weighted by Gasteiger charge is -2.23. The van der Waals surface area contributed by atoms with E-state index in [1.807, 2.05) is 0 Å². The fourth-order valence-corrected chi connectivity index (χ4v) is 3.97. The molecule has 6 nitrogen and oxygen atoms in total. The van der Waals surface area contributed by atoms with E-state index in [1.165, 1.54) is 0 Å². The first-order chi connectivity index (χ1) is 9.78. The van der Waals surface area contributed by atoms with Crippen molar-refractivity contribution in [1.29, 1.82) is 0 Å². The van der Waals surface area contributed by atoms with E-state index in [0.717, 1.165) is 6.07 Å². The highest BCUT2D eigenvalue weighted by Crippen LogP contribution is 2.22. The van der Waals surface area contributed by atoms with Crippen LogP contribution in [0.15, 0.2) is 12.1 Å². The molecule has 0 spiro atoms. The van der Waals surface area contributed by atoms with Crippen LogP contribution in [0.3, 0.4) is 0 Å². The molecule has 1 N–H and O–H groups in total. The first-order valence-corrected chi connectivity index (χ1v) is 8.17. The Morgan fingerprint density at radius 2 is 2.05 bits per heavy atom. The predicted molar refractivity (Wildman–Crippen MR) is 71.5 cm³/mol. The van der Waals surface area contributed by atoms with Gasteiger partial charge in [-0.1, -0.05) is 0 Å². The van der Waals surface area contributed by atoms with Gasteiger partial charge in [-0.25, -0.2) is 12.8 Å². The average molecular weight is 320 g/mol. The van der Waals surface area contributed by atoms with Crippen molar-refractivity contribution in [2.75, 3.05) is 11.5 Å². The van der Waals surface area contributed by atoms with Crippen LogP contribution >= 0.6 is 0 Å². The van der Waals surface area contributed by atoms with Crippen molar-refractivity contribution in [3.8, 4) is 0 Å². The number of benzene rings is 1. The maximum atomic E-state index is 13.6. The molecule has 2 rings (SSSR count). The first kappa shape index (κ1) is 15.8. The largest absolute Gasteiger partial charge is 0.309 e. The molecule has 0 aromatic heterocycles. The Morgan fingerprint density at radius 3 is 2.67 bits per heavy atom. The predicted octanol–water partition coefficient (Wildman–Crippen LogP) is 1.54. The van der Waals surface area contributed by atoms with Crippen molar-refractivity contribution in [3.63, 3.8) is 0 Å². The smallest absolute Gasteiger partial charge is 0.305 e. The Morgan fingerprint density at radius 1 is 1.33 bits per heavy atom. The normalized spacial score (nSPS) is 21.1. The van der Waals surface area contributed by atoms with E-state index in [0.29, 0.717) is 18.9 Å². The highest BCUT2D eigenvalue weighted by molar-refractivity contribution is 7.91. The minimum absolute atomic E-state index is 0.0437. The third-order valence-electron chi connectivity index (χ3n) is 3.36. The van der Waals surface area contributed by atoms with Crippen molar-refractivity contribution >= 4 is 15.5 Å². The highest BCUT2D eigenvalue weighted by atomic mass is 32.2. The summed E-state index contributed by atoms with van der Waals surface area (Å²) in [5.41, 5.74) is -0.865. The van der Waals surface area contributed by atoms with Crippen LogP contribution < -0.4 is 5.32 Å². The topological polar surface area (TPSA) is 89.3 Å². The molecule has 1 saturated heterocycles. The van der Waals surface area contributed by atoms with Crippen LogP contribution in [-0.2, 0) is 16.4 Å². The molecule has 0 aliphatic carbocycles. The summed E-state index contributed by atoms with van der Waals surface area (Å²) in [5.74, 6) is -2.04. The number of nitrogens with one attached hydrogen (secondary N) is 1. The molecule has 1 atom stereocenters. The summed E-state index contributed by atoms with van der Waals surface area (Å²) in [6.45, 7) is -0.0901. The molecule has 0 amide bonds. The summed E-state index contributed by atoms with van der Waals surface area (Å²) in [5, 5.41) is 13.5. The van der Waals surface area contributed by atoms with Crippen LogP contribution in [0.2, 0.25) is 0 Å². The second-order valence-corrected chi connectivity index (χ2v) is 7.22. The molecule has 1 aromatic carbocycles. The Bertz CT molecular complexity index is 663. The number of nitrogens with zero attached hydrogens (tertiary/aromatic N) is 1. The first-order valence-electron chi connectivity index (χ1n) is 6.34.